The second kappa shape index (κ2) is 6.63. The van der Waals surface area contributed by atoms with Gasteiger partial charge < -0.3 is 5.32 Å². The van der Waals surface area contributed by atoms with Crippen molar-refractivity contribution in [3.63, 3.8) is 0 Å². The van der Waals surface area contributed by atoms with Crippen LogP contribution in [0.4, 0.5) is 0 Å². The standard InChI is InChI=1S/C17H13Cl2N3O2/c1-10(12-6-5-11(18)8-14(12)19)21-16(23)13-9-20-15-4-2-3-7-22(15)17(13)24/h2-10H,1H3,(H,21,23)/t10-/m1/s1. The van der Waals surface area contributed by atoms with Crippen LogP contribution in [0.15, 0.2) is 53.6 Å². The van der Waals surface area contributed by atoms with E-state index in [1.54, 1.807) is 49.5 Å². The van der Waals surface area contributed by atoms with Crippen molar-refractivity contribution in [2.75, 3.05) is 0 Å². The number of fused-ring (bicyclic) bond motifs is 1. The van der Waals surface area contributed by atoms with Crippen LogP contribution in [0.2, 0.25) is 10.0 Å². The quantitative estimate of drug-likeness (QED) is 0.776. The number of pyridine rings is 1. The molecule has 0 unspecified atom stereocenters. The molecule has 0 saturated heterocycles. The molecule has 5 nitrogen and oxygen atoms in total. The van der Waals surface area contributed by atoms with Crippen LogP contribution in [0.25, 0.3) is 5.65 Å². The summed E-state index contributed by atoms with van der Waals surface area (Å²) in [6.07, 6.45) is 2.85. The maximum atomic E-state index is 12.4. The van der Waals surface area contributed by atoms with Gasteiger partial charge in [0, 0.05) is 22.4 Å². The number of halogens is 2. The van der Waals surface area contributed by atoms with Gasteiger partial charge in [-0.15, -0.1) is 0 Å². The van der Waals surface area contributed by atoms with Crippen LogP contribution in [-0.4, -0.2) is 15.3 Å². The molecule has 0 radical (unpaired) electrons. The van der Waals surface area contributed by atoms with E-state index in [9.17, 15) is 9.59 Å². The van der Waals surface area contributed by atoms with Crippen LogP contribution >= 0.6 is 23.2 Å². The van der Waals surface area contributed by atoms with Crippen LogP contribution in [0.3, 0.4) is 0 Å². The zero-order valence-electron chi connectivity index (χ0n) is 12.7. The number of rotatable bonds is 3. The highest BCUT2D eigenvalue weighted by Gasteiger charge is 2.17. The van der Waals surface area contributed by atoms with Crippen LogP contribution < -0.4 is 10.9 Å². The van der Waals surface area contributed by atoms with Crippen molar-refractivity contribution in [2.45, 2.75) is 13.0 Å². The fraction of sp³-hybridized carbons (Fsp3) is 0.118. The van der Waals surface area contributed by atoms with Gasteiger partial charge in [-0.3, -0.25) is 14.0 Å². The number of benzene rings is 1. The lowest BCUT2D eigenvalue weighted by molar-refractivity contribution is 0.0938. The second-order valence-corrected chi connectivity index (χ2v) is 6.11. The van der Waals surface area contributed by atoms with Gasteiger partial charge in [-0.1, -0.05) is 35.3 Å². The van der Waals surface area contributed by atoms with E-state index >= 15 is 0 Å². The van der Waals surface area contributed by atoms with Gasteiger partial charge in [0.25, 0.3) is 11.5 Å². The molecule has 0 saturated carbocycles. The van der Waals surface area contributed by atoms with E-state index in [4.69, 9.17) is 23.2 Å². The highest BCUT2D eigenvalue weighted by atomic mass is 35.5. The third-order valence-electron chi connectivity index (χ3n) is 3.63. The summed E-state index contributed by atoms with van der Waals surface area (Å²) in [6.45, 7) is 1.78. The average Bonchev–Trinajstić information content (AvgIpc) is 2.55. The second-order valence-electron chi connectivity index (χ2n) is 5.27. The summed E-state index contributed by atoms with van der Waals surface area (Å²) in [7, 11) is 0. The van der Waals surface area contributed by atoms with E-state index in [1.807, 2.05) is 0 Å². The van der Waals surface area contributed by atoms with Crippen molar-refractivity contribution in [2.24, 2.45) is 0 Å². The lowest BCUT2D eigenvalue weighted by atomic mass is 10.1. The molecule has 3 rings (SSSR count). The van der Waals surface area contributed by atoms with Crippen molar-refractivity contribution in [1.29, 1.82) is 0 Å². The SMILES string of the molecule is C[C@@H](NC(=O)c1cnc2ccccn2c1=O)c1ccc(Cl)cc1Cl. The molecule has 2 aromatic heterocycles. The van der Waals surface area contributed by atoms with E-state index in [0.29, 0.717) is 21.3 Å². The summed E-state index contributed by atoms with van der Waals surface area (Å²) in [6, 6.07) is 9.81. The number of aromatic nitrogens is 2. The lowest BCUT2D eigenvalue weighted by Crippen LogP contribution is -2.33. The van der Waals surface area contributed by atoms with Gasteiger partial charge in [0.1, 0.15) is 11.2 Å². The lowest BCUT2D eigenvalue weighted by Gasteiger charge is -2.16. The van der Waals surface area contributed by atoms with Crippen molar-refractivity contribution >= 4 is 34.8 Å². The van der Waals surface area contributed by atoms with Crippen LogP contribution in [0.1, 0.15) is 28.9 Å². The molecule has 0 aliphatic rings. The zero-order valence-corrected chi connectivity index (χ0v) is 14.2. The van der Waals surface area contributed by atoms with Gasteiger partial charge >= 0.3 is 0 Å². The van der Waals surface area contributed by atoms with Crippen molar-refractivity contribution in [3.05, 3.63) is 80.3 Å². The third-order valence-corrected chi connectivity index (χ3v) is 4.20. The molecule has 0 bridgehead atoms. The Labute approximate surface area is 147 Å². The minimum atomic E-state index is -0.510. The molecule has 24 heavy (non-hydrogen) atoms. The van der Waals surface area contributed by atoms with Gasteiger partial charge in [-0.05, 0) is 36.8 Å². The van der Waals surface area contributed by atoms with E-state index in [1.165, 1.54) is 10.6 Å². The third kappa shape index (κ3) is 3.13. The highest BCUT2D eigenvalue weighted by Crippen LogP contribution is 2.26. The van der Waals surface area contributed by atoms with E-state index < -0.39 is 17.5 Å². The fourth-order valence-electron chi connectivity index (χ4n) is 2.39. The summed E-state index contributed by atoms with van der Waals surface area (Å²) >= 11 is 12.0. The minimum absolute atomic E-state index is 0.0318. The molecule has 3 aromatic rings. The summed E-state index contributed by atoms with van der Waals surface area (Å²) in [5, 5.41) is 3.72. The molecule has 1 amide bonds. The predicted octanol–water partition coefficient (Wildman–Crippen LogP) is 3.49. The predicted molar refractivity (Wildman–Crippen MR) is 93.8 cm³/mol. The summed E-state index contributed by atoms with van der Waals surface area (Å²) in [5.41, 5.74) is 0.735. The normalized spacial score (nSPS) is 12.1. The summed E-state index contributed by atoms with van der Waals surface area (Å²) < 4.78 is 1.33. The van der Waals surface area contributed by atoms with Gasteiger partial charge in [0.05, 0.1) is 6.04 Å². The van der Waals surface area contributed by atoms with Crippen LogP contribution in [-0.2, 0) is 0 Å². The number of nitrogens with one attached hydrogen (secondary N) is 1. The monoisotopic (exact) mass is 361 g/mol. The highest BCUT2D eigenvalue weighted by molar-refractivity contribution is 6.35. The molecule has 0 spiro atoms. The first-order valence-corrected chi connectivity index (χ1v) is 7.95. The summed E-state index contributed by atoms with van der Waals surface area (Å²) in [5.74, 6) is -0.510. The Morgan fingerprint density at radius 1 is 1.25 bits per heavy atom. The van der Waals surface area contributed by atoms with Gasteiger partial charge in [-0.2, -0.15) is 0 Å². The van der Waals surface area contributed by atoms with Gasteiger partial charge in [0.15, 0.2) is 0 Å². The first kappa shape index (κ1) is 16.5. The van der Waals surface area contributed by atoms with Crippen molar-refractivity contribution in [1.82, 2.24) is 14.7 Å². The Balaban J connectivity index is 1.90. The van der Waals surface area contributed by atoms with Gasteiger partial charge in [0.2, 0.25) is 0 Å². The first-order chi connectivity index (χ1) is 11.5. The Hall–Kier alpha value is -2.37. The molecule has 1 N–H and O–H groups in total. The molecule has 1 aromatic carbocycles. The molecule has 0 aliphatic carbocycles. The molecular formula is C17H13Cl2N3O2. The van der Waals surface area contributed by atoms with E-state index in [2.05, 4.69) is 10.3 Å². The molecular weight excluding hydrogens is 349 g/mol. The Kier molecular flexibility index (Phi) is 4.55. The maximum Gasteiger partial charge on any atom is 0.270 e. The number of carbonyl (C=O) groups is 1. The molecule has 0 fully saturated rings. The molecule has 0 aliphatic heterocycles. The number of nitrogens with zero attached hydrogens (tertiary/aromatic N) is 2. The van der Waals surface area contributed by atoms with Crippen LogP contribution in [0, 0.1) is 0 Å². The Morgan fingerprint density at radius 2 is 2.04 bits per heavy atom. The molecule has 122 valence electrons. The smallest absolute Gasteiger partial charge is 0.270 e. The largest absolute Gasteiger partial charge is 0.345 e. The molecule has 7 heteroatoms. The van der Waals surface area contributed by atoms with E-state index in [-0.39, 0.29) is 5.56 Å². The summed E-state index contributed by atoms with van der Waals surface area (Å²) in [4.78, 5) is 29.0. The molecule has 1 atom stereocenters. The zero-order chi connectivity index (χ0) is 17.3. The number of hydrogen-bond donors (Lipinski definition) is 1. The maximum absolute atomic E-state index is 12.4. The topological polar surface area (TPSA) is 63.5 Å². The number of carbonyl (C=O) groups excluding carboxylic acids is 1. The molecule has 2 heterocycles. The Bertz CT molecular complexity index is 985. The fourth-order valence-corrected chi connectivity index (χ4v) is 2.96. The van der Waals surface area contributed by atoms with Gasteiger partial charge in [-0.25, -0.2) is 4.98 Å². The minimum Gasteiger partial charge on any atom is -0.345 e. The van der Waals surface area contributed by atoms with E-state index in [0.717, 1.165) is 0 Å². The number of amides is 1. The number of hydrogen-bond acceptors (Lipinski definition) is 3. The first-order valence-electron chi connectivity index (χ1n) is 7.19. The van der Waals surface area contributed by atoms with Crippen molar-refractivity contribution < 1.29 is 4.79 Å². The van der Waals surface area contributed by atoms with Crippen molar-refractivity contribution in [3.8, 4) is 0 Å². The Morgan fingerprint density at radius 3 is 2.79 bits per heavy atom. The van der Waals surface area contributed by atoms with Crippen LogP contribution in [0.5, 0.6) is 0 Å². The average molecular weight is 362 g/mol.